The summed E-state index contributed by atoms with van der Waals surface area (Å²) in [6, 6.07) is 0. The van der Waals surface area contributed by atoms with Gasteiger partial charge in [0.2, 0.25) is 0 Å². The minimum absolute atomic E-state index is 0.132. The van der Waals surface area contributed by atoms with Crippen LogP contribution in [0.3, 0.4) is 0 Å². The van der Waals surface area contributed by atoms with Gasteiger partial charge < -0.3 is 28.4 Å². The zero-order valence-corrected chi connectivity index (χ0v) is 15.8. The highest BCUT2D eigenvalue weighted by Gasteiger charge is 1.94. The first-order chi connectivity index (χ1) is 12.4. The van der Waals surface area contributed by atoms with Gasteiger partial charge in [0, 0.05) is 6.61 Å². The van der Waals surface area contributed by atoms with Crippen LogP contribution in [0.5, 0.6) is 0 Å². The Morgan fingerprint density at radius 1 is 0.440 bits per heavy atom. The highest BCUT2D eigenvalue weighted by atomic mass is 19.1. The molecular weight excluding hydrogens is 331 g/mol. The van der Waals surface area contributed by atoms with E-state index in [1.54, 1.807) is 0 Å². The van der Waals surface area contributed by atoms with Gasteiger partial charge in [-0.1, -0.05) is 26.2 Å². The molecule has 0 saturated carbocycles. The topological polar surface area (TPSA) is 55.4 Å². The van der Waals surface area contributed by atoms with E-state index < -0.39 is 6.67 Å². The predicted octanol–water partition coefficient (Wildman–Crippen LogP) is 2.64. The second-order valence-corrected chi connectivity index (χ2v) is 5.42. The molecule has 25 heavy (non-hydrogen) atoms. The molecule has 0 radical (unpaired) electrons. The molecule has 0 N–H and O–H groups in total. The lowest BCUT2D eigenvalue weighted by Crippen LogP contribution is -2.14. The van der Waals surface area contributed by atoms with E-state index in [1.165, 1.54) is 19.3 Å². The highest BCUT2D eigenvalue weighted by Crippen LogP contribution is 1.98. The first-order valence-corrected chi connectivity index (χ1v) is 9.44. The zero-order valence-electron chi connectivity index (χ0n) is 15.8. The lowest BCUT2D eigenvalue weighted by atomic mass is 10.2. The SMILES string of the molecule is CCCCCCOCCOCCOCCOCCOCCOCCF. The Hall–Kier alpha value is -0.310. The van der Waals surface area contributed by atoms with E-state index in [2.05, 4.69) is 6.92 Å². The van der Waals surface area contributed by atoms with Gasteiger partial charge in [0.05, 0.1) is 72.7 Å². The molecule has 0 aromatic heterocycles. The number of rotatable bonds is 22. The summed E-state index contributed by atoms with van der Waals surface area (Å²) >= 11 is 0. The van der Waals surface area contributed by atoms with Crippen molar-refractivity contribution in [2.24, 2.45) is 0 Å². The number of hydrogen-bond donors (Lipinski definition) is 0. The van der Waals surface area contributed by atoms with Crippen LogP contribution < -0.4 is 0 Å². The molecular formula is C18H37FO6. The Morgan fingerprint density at radius 2 is 0.800 bits per heavy atom. The monoisotopic (exact) mass is 368 g/mol. The maximum atomic E-state index is 11.7. The van der Waals surface area contributed by atoms with E-state index in [1.807, 2.05) is 0 Å². The summed E-state index contributed by atoms with van der Waals surface area (Å²) < 4.78 is 43.5. The van der Waals surface area contributed by atoms with Crippen molar-refractivity contribution >= 4 is 0 Å². The van der Waals surface area contributed by atoms with Crippen LogP contribution in [0.15, 0.2) is 0 Å². The van der Waals surface area contributed by atoms with Gasteiger partial charge >= 0.3 is 0 Å². The molecule has 7 heteroatoms. The van der Waals surface area contributed by atoms with Gasteiger partial charge in [-0.05, 0) is 6.42 Å². The summed E-state index contributed by atoms with van der Waals surface area (Å²) in [4.78, 5) is 0. The molecule has 0 aromatic carbocycles. The molecule has 0 rings (SSSR count). The van der Waals surface area contributed by atoms with Crippen LogP contribution in [0.25, 0.3) is 0 Å². The average molecular weight is 368 g/mol. The first kappa shape index (κ1) is 24.7. The molecule has 0 bridgehead atoms. The fourth-order valence-electron chi connectivity index (χ4n) is 1.89. The lowest BCUT2D eigenvalue weighted by Gasteiger charge is -2.08. The predicted molar refractivity (Wildman–Crippen MR) is 95.0 cm³/mol. The molecule has 0 spiro atoms. The summed E-state index contributed by atoms with van der Waals surface area (Å²) in [5, 5.41) is 0. The van der Waals surface area contributed by atoms with Crippen molar-refractivity contribution in [3.8, 4) is 0 Å². The molecule has 152 valence electrons. The maximum absolute atomic E-state index is 11.7. The van der Waals surface area contributed by atoms with Crippen molar-refractivity contribution < 1.29 is 32.8 Å². The van der Waals surface area contributed by atoms with E-state index in [4.69, 9.17) is 28.4 Å². The van der Waals surface area contributed by atoms with Crippen LogP contribution in [0.4, 0.5) is 4.39 Å². The molecule has 0 aliphatic rings. The maximum Gasteiger partial charge on any atom is 0.113 e. The summed E-state index contributed by atoms with van der Waals surface area (Å²) in [5.41, 5.74) is 0. The molecule has 0 unspecified atom stereocenters. The van der Waals surface area contributed by atoms with Crippen LogP contribution in [0.2, 0.25) is 0 Å². The van der Waals surface area contributed by atoms with E-state index in [0.29, 0.717) is 66.1 Å². The molecule has 0 fully saturated rings. The Morgan fingerprint density at radius 3 is 1.16 bits per heavy atom. The summed E-state index contributed by atoms with van der Waals surface area (Å²) in [5.74, 6) is 0. The summed E-state index contributed by atoms with van der Waals surface area (Å²) in [6.45, 7) is 8.04. The van der Waals surface area contributed by atoms with Crippen molar-refractivity contribution in [3.05, 3.63) is 0 Å². The molecule has 6 nitrogen and oxygen atoms in total. The standard InChI is InChI=1S/C18H37FO6/c1-2-3-4-5-7-20-9-11-22-13-15-24-17-18-25-16-14-23-12-10-21-8-6-19/h2-18H2,1H3. The fraction of sp³-hybridized carbons (Fsp3) is 1.00. The third kappa shape index (κ3) is 23.7. The van der Waals surface area contributed by atoms with Crippen molar-refractivity contribution in [1.82, 2.24) is 0 Å². The van der Waals surface area contributed by atoms with Crippen LogP contribution in [0.1, 0.15) is 32.6 Å². The quantitative estimate of drug-likeness (QED) is 0.274. The summed E-state index contributed by atoms with van der Waals surface area (Å²) in [7, 11) is 0. The van der Waals surface area contributed by atoms with Gasteiger partial charge in [-0.15, -0.1) is 0 Å². The van der Waals surface area contributed by atoms with Crippen molar-refractivity contribution in [1.29, 1.82) is 0 Å². The third-order valence-corrected chi connectivity index (χ3v) is 3.22. The van der Waals surface area contributed by atoms with Gasteiger partial charge in [-0.2, -0.15) is 0 Å². The lowest BCUT2D eigenvalue weighted by molar-refractivity contribution is -0.0172. The van der Waals surface area contributed by atoms with E-state index in [0.717, 1.165) is 13.0 Å². The zero-order chi connectivity index (χ0) is 18.3. The van der Waals surface area contributed by atoms with Gasteiger partial charge in [0.15, 0.2) is 0 Å². The van der Waals surface area contributed by atoms with Gasteiger partial charge in [-0.25, -0.2) is 4.39 Å². The molecule has 0 atom stereocenters. The third-order valence-electron chi connectivity index (χ3n) is 3.22. The van der Waals surface area contributed by atoms with Crippen molar-refractivity contribution in [2.45, 2.75) is 32.6 Å². The van der Waals surface area contributed by atoms with Gasteiger partial charge in [0.25, 0.3) is 0 Å². The van der Waals surface area contributed by atoms with Crippen molar-refractivity contribution in [2.75, 3.05) is 86.0 Å². The molecule has 0 aromatic rings. The van der Waals surface area contributed by atoms with E-state index in [9.17, 15) is 4.39 Å². The number of hydrogen-bond acceptors (Lipinski definition) is 6. The minimum atomic E-state index is -0.457. The highest BCUT2D eigenvalue weighted by molar-refractivity contribution is 4.40. The molecule has 0 saturated heterocycles. The molecule has 0 amide bonds. The normalized spacial score (nSPS) is 11.3. The second kappa shape index (κ2) is 23.7. The average Bonchev–Trinajstić information content (AvgIpc) is 2.63. The van der Waals surface area contributed by atoms with Crippen LogP contribution >= 0.6 is 0 Å². The van der Waals surface area contributed by atoms with E-state index in [-0.39, 0.29) is 6.61 Å². The largest absolute Gasteiger partial charge is 0.379 e. The smallest absolute Gasteiger partial charge is 0.113 e. The van der Waals surface area contributed by atoms with Crippen molar-refractivity contribution in [3.63, 3.8) is 0 Å². The Labute approximate surface area is 152 Å². The fourth-order valence-corrected chi connectivity index (χ4v) is 1.89. The number of halogens is 1. The molecule has 0 aliphatic carbocycles. The second-order valence-electron chi connectivity index (χ2n) is 5.42. The van der Waals surface area contributed by atoms with Gasteiger partial charge in [0.1, 0.15) is 6.67 Å². The van der Waals surface area contributed by atoms with E-state index >= 15 is 0 Å². The Balaban J connectivity index is 2.94. The van der Waals surface area contributed by atoms with Crippen LogP contribution in [-0.2, 0) is 28.4 Å². The number of ether oxygens (including phenoxy) is 6. The van der Waals surface area contributed by atoms with Crippen LogP contribution in [-0.4, -0.2) is 86.0 Å². The van der Waals surface area contributed by atoms with Gasteiger partial charge in [-0.3, -0.25) is 0 Å². The molecule has 0 heterocycles. The first-order valence-electron chi connectivity index (χ1n) is 9.44. The number of alkyl halides is 1. The number of unbranched alkanes of at least 4 members (excludes halogenated alkanes) is 3. The summed E-state index contributed by atoms with van der Waals surface area (Å²) in [6.07, 6.45) is 4.91. The molecule has 0 aliphatic heterocycles. The Kier molecular flexibility index (Phi) is 23.4. The minimum Gasteiger partial charge on any atom is -0.379 e. The van der Waals surface area contributed by atoms with Crippen LogP contribution in [0, 0.1) is 0 Å². The Bertz CT molecular complexity index is 212.